The Balaban J connectivity index is 2.13. The van der Waals surface area contributed by atoms with Gasteiger partial charge in [0.25, 0.3) is 0 Å². The van der Waals surface area contributed by atoms with Gasteiger partial charge in [0.2, 0.25) is 15.9 Å². The van der Waals surface area contributed by atoms with Crippen LogP contribution in [0, 0.1) is 0 Å². The second-order valence-electron chi connectivity index (χ2n) is 6.23. The number of nitrogens with one attached hydrogen (secondary N) is 1. The van der Waals surface area contributed by atoms with Crippen LogP contribution in [0.2, 0.25) is 0 Å². The molecule has 2 aromatic rings. The van der Waals surface area contributed by atoms with Crippen molar-refractivity contribution in [2.45, 2.75) is 26.4 Å². The van der Waals surface area contributed by atoms with Crippen molar-refractivity contribution in [1.82, 2.24) is 5.32 Å². The summed E-state index contributed by atoms with van der Waals surface area (Å²) >= 11 is 0. The van der Waals surface area contributed by atoms with Crippen LogP contribution < -0.4 is 19.1 Å². The van der Waals surface area contributed by atoms with E-state index >= 15 is 0 Å². The molecule has 0 heterocycles. The molecule has 1 N–H and O–H groups in total. The number of amides is 1. The van der Waals surface area contributed by atoms with Crippen molar-refractivity contribution < 1.29 is 22.7 Å². The Morgan fingerprint density at radius 1 is 1.14 bits per heavy atom. The topological polar surface area (TPSA) is 84.9 Å². The summed E-state index contributed by atoms with van der Waals surface area (Å²) in [5.74, 6) is 0.863. The molecule has 0 aliphatic carbocycles. The van der Waals surface area contributed by atoms with E-state index in [-0.39, 0.29) is 6.54 Å². The summed E-state index contributed by atoms with van der Waals surface area (Å²) < 4.78 is 36.3. The Morgan fingerprint density at radius 2 is 1.82 bits per heavy atom. The molecule has 152 valence electrons. The van der Waals surface area contributed by atoms with E-state index in [4.69, 9.17) is 9.47 Å². The lowest BCUT2D eigenvalue weighted by atomic mass is 10.2. The summed E-state index contributed by atoms with van der Waals surface area (Å²) in [5, 5.41) is 2.78. The first-order chi connectivity index (χ1) is 13.3. The van der Waals surface area contributed by atoms with Gasteiger partial charge in [0.05, 0.1) is 25.7 Å². The van der Waals surface area contributed by atoms with Crippen LogP contribution in [0.4, 0.5) is 5.69 Å². The maximum atomic E-state index is 12.6. The molecular formula is C20H26N2O5S. The van der Waals surface area contributed by atoms with Crippen molar-refractivity contribution in [3.05, 3.63) is 54.1 Å². The molecule has 1 unspecified atom stereocenters. The molecule has 0 aliphatic heterocycles. The fourth-order valence-corrected chi connectivity index (χ4v) is 3.93. The van der Waals surface area contributed by atoms with Crippen LogP contribution in [0.15, 0.2) is 48.5 Å². The zero-order valence-corrected chi connectivity index (χ0v) is 17.3. The molecule has 0 bridgehead atoms. The maximum Gasteiger partial charge on any atom is 0.243 e. The number of nitrogens with zero attached hydrogens (tertiary/aromatic N) is 1. The third kappa shape index (κ3) is 5.63. The van der Waals surface area contributed by atoms with Crippen LogP contribution >= 0.6 is 0 Å². The molecule has 0 aromatic heterocycles. The van der Waals surface area contributed by atoms with Crippen molar-refractivity contribution >= 4 is 21.6 Å². The summed E-state index contributed by atoms with van der Waals surface area (Å²) in [6.07, 6.45) is 1.07. The lowest BCUT2D eigenvalue weighted by Crippen LogP contribution is -2.47. The summed E-state index contributed by atoms with van der Waals surface area (Å²) in [4.78, 5) is 12.6. The summed E-state index contributed by atoms with van der Waals surface area (Å²) in [7, 11) is -2.18. The Labute approximate surface area is 166 Å². The zero-order chi connectivity index (χ0) is 20.7. The molecule has 28 heavy (non-hydrogen) atoms. The molecule has 0 saturated heterocycles. The van der Waals surface area contributed by atoms with Crippen LogP contribution in [-0.2, 0) is 21.4 Å². The van der Waals surface area contributed by atoms with E-state index in [9.17, 15) is 13.2 Å². The minimum absolute atomic E-state index is 0.283. The molecule has 2 rings (SSSR count). The summed E-state index contributed by atoms with van der Waals surface area (Å²) in [5.41, 5.74) is 1.25. The number of methoxy groups -OCH3 is 1. The average Bonchev–Trinajstić information content (AvgIpc) is 2.66. The normalized spacial score (nSPS) is 12.1. The lowest BCUT2D eigenvalue weighted by Gasteiger charge is -2.28. The number of ether oxygens (including phenoxy) is 2. The molecule has 1 amide bonds. The van der Waals surface area contributed by atoms with Crippen LogP contribution in [0.5, 0.6) is 11.5 Å². The molecule has 1 atom stereocenters. The molecule has 7 nitrogen and oxygen atoms in total. The Bertz CT molecular complexity index is 897. The zero-order valence-electron chi connectivity index (χ0n) is 16.5. The predicted octanol–water partition coefficient (Wildman–Crippen LogP) is 2.56. The number of hydrogen-bond donors (Lipinski definition) is 1. The van der Waals surface area contributed by atoms with Gasteiger partial charge in [0.15, 0.2) is 0 Å². The number of hydrogen-bond acceptors (Lipinski definition) is 5. The van der Waals surface area contributed by atoms with Gasteiger partial charge in [-0.15, -0.1) is 0 Å². The largest absolute Gasteiger partial charge is 0.497 e. The van der Waals surface area contributed by atoms with Crippen molar-refractivity contribution in [3.63, 3.8) is 0 Å². The first kappa shape index (κ1) is 21.6. The highest BCUT2D eigenvalue weighted by Gasteiger charge is 2.29. The maximum absolute atomic E-state index is 12.6. The minimum Gasteiger partial charge on any atom is -0.497 e. The number of anilines is 1. The number of carbonyl (C=O) groups excluding carboxylic acids is 1. The summed E-state index contributed by atoms with van der Waals surface area (Å²) in [6.45, 7) is 4.32. The molecular weight excluding hydrogens is 380 g/mol. The van der Waals surface area contributed by atoms with E-state index in [0.717, 1.165) is 21.9 Å². The van der Waals surface area contributed by atoms with Gasteiger partial charge in [-0.2, -0.15) is 0 Å². The molecule has 0 aliphatic rings. The van der Waals surface area contributed by atoms with Crippen LogP contribution in [-0.4, -0.2) is 40.3 Å². The Morgan fingerprint density at radius 3 is 2.39 bits per heavy atom. The first-order valence-corrected chi connectivity index (χ1v) is 10.7. The van der Waals surface area contributed by atoms with Gasteiger partial charge >= 0.3 is 0 Å². The van der Waals surface area contributed by atoms with Gasteiger partial charge in [-0.05, 0) is 43.7 Å². The van der Waals surface area contributed by atoms with E-state index in [1.165, 1.54) is 7.11 Å². The third-order valence-corrected chi connectivity index (χ3v) is 5.34. The molecule has 0 radical (unpaired) electrons. The number of sulfonamides is 1. The third-order valence-electron chi connectivity index (χ3n) is 4.10. The van der Waals surface area contributed by atoms with Crippen LogP contribution in [0.25, 0.3) is 0 Å². The van der Waals surface area contributed by atoms with Crippen molar-refractivity contribution in [1.29, 1.82) is 0 Å². The van der Waals surface area contributed by atoms with E-state index < -0.39 is 22.0 Å². The van der Waals surface area contributed by atoms with Gasteiger partial charge in [-0.3, -0.25) is 9.10 Å². The molecule has 8 heteroatoms. The van der Waals surface area contributed by atoms with E-state index in [1.807, 2.05) is 31.2 Å². The molecule has 0 saturated carbocycles. The highest BCUT2D eigenvalue weighted by atomic mass is 32.2. The highest BCUT2D eigenvalue weighted by Crippen LogP contribution is 2.25. The van der Waals surface area contributed by atoms with E-state index in [2.05, 4.69) is 5.32 Å². The average molecular weight is 407 g/mol. The minimum atomic E-state index is -3.68. The molecule has 0 fully saturated rings. The van der Waals surface area contributed by atoms with Gasteiger partial charge in [-0.25, -0.2) is 8.42 Å². The second-order valence-corrected chi connectivity index (χ2v) is 8.09. The monoisotopic (exact) mass is 406 g/mol. The highest BCUT2D eigenvalue weighted by molar-refractivity contribution is 7.92. The fraction of sp³-hybridized carbons (Fsp3) is 0.350. The van der Waals surface area contributed by atoms with Gasteiger partial charge < -0.3 is 14.8 Å². The molecule has 2 aromatic carbocycles. The van der Waals surface area contributed by atoms with Gasteiger partial charge in [0, 0.05) is 12.6 Å². The molecule has 0 spiro atoms. The second kappa shape index (κ2) is 9.45. The first-order valence-electron chi connectivity index (χ1n) is 8.89. The van der Waals surface area contributed by atoms with E-state index in [1.54, 1.807) is 31.2 Å². The number of carbonyl (C=O) groups is 1. The predicted molar refractivity (Wildman–Crippen MR) is 109 cm³/mol. The standard InChI is InChI=1S/C20H26N2O5S/c1-5-27-18-11-9-16(10-12-18)14-21-20(23)15(2)22(28(4,24)25)17-7-6-8-19(13-17)26-3/h6-13,15H,5,14H2,1-4H3,(H,21,23). The van der Waals surface area contributed by atoms with Crippen molar-refractivity contribution in [2.75, 3.05) is 24.3 Å². The van der Waals surface area contributed by atoms with Gasteiger partial charge in [0.1, 0.15) is 17.5 Å². The summed E-state index contributed by atoms with van der Waals surface area (Å²) in [6, 6.07) is 13.0. The van der Waals surface area contributed by atoms with Crippen molar-refractivity contribution in [2.24, 2.45) is 0 Å². The quantitative estimate of drug-likeness (QED) is 0.692. The lowest BCUT2D eigenvalue weighted by molar-refractivity contribution is -0.122. The van der Waals surface area contributed by atoms with Crippen molar-refractivity contribution in [3.8, 4) is 11.5 Å². The number of benzene rings is 2. The smallest absolute Gasteiger partial charge is 0.243 e. The van der Waals surface area contributed by atoms with Crippen LogP contribution in [0.1, 0.15) is 19.4 Å². The number of rotatable bonds is 9. The Hall–Kier alpha value is -2.74. The van der Waals surface area contributed by atoms with E-state index in [0.29, 0.717) is 18.0 Å². The fourth-order valence-electron chi connectivity index (χ4n) is 2.76. The van der Waals surface area contributed by atoms with Gasteiger partial charge in [-0.1, -0.05) is 18.2 Å². The Kier molecular flexibility index (Phi) is 7.28. The SMILES string of the molecule is CCOc1ccc(CNC(=O)C(C)N(c2cccc(OC)c2)S(C)(=O)=O)cc1. The van der Waals surface area contributed by atoms with Crippen LogP contribution in [0.3, 0.4) is 0 Å².